The van der Waals surface area contributed by atoms with E-state index in [2.05, 4.69) is 10.6 Å². The van der Waals surface area contributed by atoms with Gasteiger partial charge in [0.2, 0.25) is 0 Å². The molecule has 0 radical (unpaired) electrons. The monoisotopic (exact) mass is 302 g/mol. The van der Waals surface area contributed by atoms with Gasteiger partial charge in [-0.3, -0.25) is 0 Å². The Kier molecular flexibility index (Phi) is 5.46. The third kappa shape index (κ3) is 4.83. The van der Waals surface area contributed by atoms with Crippen molar-refractivity contribution in [2.75, 3.05) is 28.6 Å². The molecule has 0 unspecified atom stereocenters. The van der Waals surface area contributed by atoms with Crippen molar-refractivity contribution in [1.82, 2.24) is 0 Å². The molecule has 0 amide bonds. The first-order chi connectivity index (χ1) is 10.5. The normalized spacial score (nSPS) is 10.7. The second-order valence-corrected chi connectivity index (χ2v) is 5.09. The summed E-state index contributed by atoms with van der Waals surface area (Å²) >= 11 is 0. The Morgan fingerprint density at radius 3 is 2.27 bits per heavy atom. The molecule has 6 nitrogen and oxygen atoms in total. The summed E-state index contributed by atoms with van der Waals surface area (Å²) in [5.74, 6) is 0. The molecule has 2 aromatic carbocycles. The van der Waals surface area contributed by atoms with Crippen molar-refractivity contribution in [1.29, 1.82) is 0 Å². The highest BCUT2D eigenvalue weighted by Crippen LogP contribution is 2.20. The molecule has 22 heavy (non-hydrogen) atoms. The summed E-state index contributed by atoms with van der Waals surface area (Å²) in [4.78, 5) is 0. The van der Waals surface area contributed by atoms with E-state index in [9.17, 15) is 0 Å². The van der Waals surface area contributed by atoms with Crippen LogP contribution in [-0.4, -0.2) is 23.0 Å². The molecule has 0 aliphatic carbocycles. The lowest BCUT2D eigenvalue weighted by molar-refractivity contribution is -0.0423. The average molecular weight is 302 g/mol. The van der Waals surface area contributed by atoms with Gasteiger partial charge in [0.15, 0.2) is 6.29 Å². The van der Waals surface area contributed by atoms with E-state index in [-0.39, 0.29) is 6.42 Å². The highest BCUT2D eigenvalue weighted by atomic mass is 16.5. The van der Waals surface area contributed by atoms with E-state index < -0.39 is 6.29 Å². The number of hydrogen-bond donors (Lipinski definition) is 6. The number of anilines is 4. The van der Waals surface area contributed by atoms with E-state index >= 15 is 0 Å². The lowest BCUT2D eigenvalue weighted by Gasteiger charge is -2.13. The summed E-state index contributed by atoms with van der Waals surface area (Å²) in [5, 5.41) is 24.1. The maximum atomic E-state index is 8.84. The predicted molar refractivity (Wildman–Crippen MR) is 90.4 cm³/mol. The molecule has 0 fully saturated rings. The van der Waals surface area contributed by atoms with Gasteiger partial charge in [-0.15, -0.1) is 0 Å². The van der Waals surface area contributed by atoms with E-state index in [1.54, 1.807) is 0 Å². The molecule has 6 heteroatoms. The second-order valence-electron chi connectivity index (χ2n) is 5.09. The van der Waals surface area contributed by atoms with Crippen molar-refractivity contribution in [2.45, 2.75) is 19.3 Å². The van der Waals surface area contributed by atoms with Crippen LogP contribution in [0.4, 0.5) is 22.7 Å². The van der Waals surface area contributed by atoms with Gasteiger partial charge in [-0.25, -0.2) is 0 Å². The highest BCUT2D eigenvalue weighted by Gasteiger charge is 2.03. The topological polar surface area (TPSA) is 117 Å². The van der Waals surface area contributed by atoms with Crippen LogP contribution in [0.5, 0.6) is 0 Å². The summed E-state index contributed by atoms with van der Waals surface area (Å²) in [6.45, 7) is 1.07. The SMILES string of the molecule is Nc1ccc(NCc2cc(NCCC(O)O)ccc2N)cc1. The Morgan fingerprint density at radius 1 is 0.909 bits per heavy atom. The number of aliphatic hydroxyl groups excluding tert-OH is 1. The zero-order valence-electron chi connectivity index (χ0n) is 12.3. The highest BCUT2D eigenvalue weighted by molar-refractivity contribution is 5.59. The number of nitrogens with two attached hydrogens (primary N) is 2. The van der Waals surface area contributed by atoms with Gasteiger partial charge in [-0.1, -0.05) is 0 Å². The Bertz CT molecular complexity index is 600. The minimum Gasteiger partial charge on any atom is -0.399 e. The van der Waals surface area contributed by atoms with E-state index in [0.717, 1.165) is 22.6 Å². The van der Waals surface area contributed by atoms with Crippen LogP contribution < -0.4 is 22.1 Å². The molecule has 2 rings (SSSR count). The number of nitrogens with one attached hydrogen (secondary N) is 2. The van der Waals surface area contributed by atoms with Crippen LogP contribution >= 0.6 is 0 Å². The number of hydrogen-bond acceptors (Lipinski definition) is 6. The van der Waals surface area contributed by atoms with Gasteiger partial charge in [0.25, 0.3) is 0 Å². The smallest absolute Gasteiger partial charge is 0.153 e. The average Bonchev–Trinajstić information content (AvgIpc) is 2.49. The summed E-state index contributed by atoms with van der Waals surface area (Å²) < 4.78 is 0. The van der Waals surface area contributed by atoms with Gasteiger partial charge >= 0.3 is 0 Å². The molecular formula is C16H22N4O2. The summed E-state index contributed by atoms with van der Waals surface area (Å²) in [7, 11) is 0. The summed E-state index contributed by atoms with van der Waals surface area (Å²) in [5.41, 5.74) is 15.9. The van der Waals surface area contributed by atoms with Gasteiger partial charge in [-0.05, 0) is 48.0 Å². The van der Waals surface area contributed by atoms with Crippen molar-refractivity contribution in [3.05, 3.63) is 48.0 Å². The zero-order chi connectivity index (χ0) is 15.9. The Hall–Kier alpha value is -2.44. The molecule has 0 saturated heterocycles. The van der Waals surface area contributed by atoms with E-state index in [1.807, 2.05) is 42.5 Å². The fourth-order valence-corrected chi connectivity index (χ4v) is 2.01. The van der Waals surface area contributed by atoms with Crippen molar-refractivity contribution in [3.63, 3.8) is 0 Å². The summed E-state index contributed by atoms with van der Waals surface area (Å²) in [6, 6.07) is 13.1. The molecule has 0 atom stereocenters. The van der Waals surface area contributed by atoms with Gasteiger partial charge in [0.1, 0.15) is 0 Å². The Morgan fingerprint density at radius 2 is 1.59 bits per heavy atom. The van der Waals surface area contributed by atoms with Crippen LogP contribution in [0.2, 0.25) is 0 Å². The van der Waals surface area contributed by atoms with E-state index in [1.165, 1.54) is 0 Å². The molecule has 0 spiro atoms. The van der Waals surface area contributed by atoms with Crippen LogP contribution in [0.15, 0.2) is 42.5 Å². The standard InChI is InChI=1S/C16H22N4O2/c17-12-1-3-13(4-2-12)20-10-11-9-14(5-6-15(11)18)19-8-7-16(21)22/h1-6,9,16,19-22H,7-8,10,17-18H2. The number of benzene rings is 2. The first kappa shape index (κ1) is 15.9. The molecule has 0 saturated carbocycles. The Labute approximate surface area is 129 Å². The van der Waals surface area contributed by atoms with Crippen LogP contribution in [-0.2, 0) is 6.54 Å². The molecule has 0 aliphatic rings. The van der Waals surface area contributed by atoms with Crippen LogP contribution in [0.3, 0.4) is 0 Å². The largest absolute Gasteiger partial charge is 0.399 e. The lowest BCUT2D eigenvalue weighted by atomic mass is 10.1. The maximum Gasteiger partial charge on any atom is 0.153 e. The lowest BCUT2D eigenvalue weighted by Crippen LogP contribution is -2.12. The minimum atomic E-state index is -1.30. The van der Waals surface area contributed by atoms with E-state index in [4.69, 9.17) is 21.7 Å². The third-order valence-corrected chi connectivity index (χ3v) is 3.27. The van der Waals surface area contributed by atoms with Crippen molar-refractivity contribution < 1.29 is 10.2 Å². The minimum absolute atomic E-state index is 0.267. The molecule has 0 bridgehead atoms. The van der Waals surface area contributed by atoms with Crippen molar-refractivity contribution in [3.8, 4) is 0 Å². The van der Waals surface area contributed by atoms with Crippen molar-refractivity contribution in [2.24, 2.45) is 0 Å². The first-order valence-corrected chi connectivity index (χ1v) is 7.12. The predicted octanol–water partition coefficient (Wildman–Crippen LogP) is 1.58. The molecular weight excluding hydrogens is 280 g/mol. The molecule has 0 aromatic heterocycles. The van der Waals surface area contributed by atoms with Crippen LogP contribution in [0, 0.1) is 0 Å². The van der Waals surface area contributed by atoms with Gasteiger partial charge in [0, 0.05) is 42.3 Å². The molecule has 0 aliphatic heterocycles. The fraction of sp³-hybridized carbons (Fsp3) is 0.250. The van der Waals surface area contributed by atoms with Crippen LogP contribution in [0.1, 0.15) is 12.0 Å². The van der Waals surface area contributed by atoms with Crippen molar-refractivity contribution >= 4 is 22.7 Å². The Balaban J connectivity index is 1.96. The number of nitrogen functional groups attached to an aromatic ring is 2. The van der Waals surface area contributed by atoms with Gasteiger partial charge in [-0.2, -0.15) is 0 Å². The second kappa shape index (κ2) is 7.53. The van der Waals surface area contributed by atoms with Gasteiger partial charge < -0.3 is 32.3 Å². The molecule has 118 valence electrons. The number of aliphatic hydroxyl groups is 2. The zero-order valence-corrected chi connectivity index (χ0v) is 12.3. The fourth-order valence-electron chi connectivity index (χ4n) is 2.01. The van der Waals surface area contributed by atoms with Crippen LogP contribution in [0.25, 0.3) is 0 Å². The summed E-state index contributed by atoms with van der Waals surface area (Å²) in [6.07, 6.45) is -1.03. The van der Waals surface area contributed by atoms with Gasteiger partial charge in [0.05, 0.1) is 0 Å². The first-order valence-electron chi connectivity index (χ1n) is 7.12. The molecule has 0 heterocycles. The van der Waals surface area contributed by atoms with E-state index in [0.29, 0.717) is 18.8 Å². The molecule has 8 N–H and O–H groups in total. The number of rotatable bonds is 7. The maximum absolute atomic E-state index is 8.84. The molecule has 2 aromatic rings. The quantitative estimate of drug-likeness (QED) is 0.341. The third-order valence-electron chi connectivity index (χ3n) is 3.27.